The van der Waals surface area contributed by atoms with E-state index in [0.29, 0.717) is 5.92 Å². The lowest BCUT2D eigenvalue weighted by molar-refractivity contribution is -0.123. The summed E-state index contributed by atoms with van der Waals surface area (Å²) >= 11 is 0. The topological polar surface area (TPSA) is 55.1 Å². The number of nitrogens with one attached hydrogen (secondary N) is 1. The SMILES string of the molecule is CCC(C)c1ccc(C2(C(=O)NN)CC2)cc1. The summed E-state index contributed by atoms with van der Waals surface area (Å²) in [4.78, 5) is 11.7. The van der Waals surface area contributed by atoms with Gasteiger partial charge in [-0.15, -0.1) is 0 Å². The van der Waals surface area contributed by atoms with Crippen LogP contribution in [0.4, 0.5) is 0 Å². The summed E-state index contributed by atoms with van der Waals surface area (Å²) in [6.45, 7) is 4.40. The van der Waals surface area contributed by atoms with Crippen molar-refractivity contribution in [2.75, 3.05) is 0 Å². The summed E-state index contributed by atoms with van der Waals surface area (Å²) in [6, 6.07) is 8.41. The van der Waals surface area contributed by atoms with Gasteiger partial charge in [0.15, 0.2) is 0 Å². The maximum Gasteiger partial charge on any atom is 0.244 e. The predicted molar refractivity (Wildman–Crippen MR) is 68.4 cm³/mol. The molecule has 0 bridgehead atoms. The Kier molecular flexibility index (Phi) is 3.20. The highest BCUT2D eigenvalue weighted by atomic mass is 16.2. The fraction of sp³-hybridized carbons (Fsp3) is 0.500. The molecule has 0 aromatic heterocycles. The summed E-state index contributed by atoms with van der Waals surface area (Å²) < 4.78 is 0. The predicted octanol–water partition coefficient (Wildman–Crippen LogP) is 2.22. The lowest BCUT2D eigenvalue weighted by Crippen LogP contribution is -2.39. The molecule has 0 heterocycles. The molecule has 92 valence electrons. The Morgan fingerprint density at radius 2 is 2.00 bits per heavy atom. The first-order chi connectivity index (χ1) is 8.14. The van der Waals surface area contributed by atoms with Crippen LogP contribution in [0, 0.1) is 0 Å². The second-order valence-electron chi connectivity index (χ2n) is 4.99. The highest BCUT2D eigenvalue weighted by molar-refractivity contribution is 5.90. The Hall–Kier alpha value is -1.35. The number of benzene rings is 1. The quantitative estimate of drug-likeness (QED) is 0.475. The number of hydrogen-bond acceptors (Lipinski definition) is 2. The van der Waals surface area contributed by atoms with Crippen LogP contribution in [0.5, 0.6) is 0 Å². The Labute approximate surface area is 102 Å². The van der Waals surface area contributed by atoms with Crippen molar-refractivity contribution in [2.45, 2.75) is 44.4 Å². The summed E-state index contributed by atoms with van der Waals surface area (Å²) in [6.07, 6.45) is 2.94. The number of hydrogen-bond donors (Lipinski definition) is 2. The zero-order chi connectivity index (χ0) is 12.5. The first-order valence-electron chi connectivity index (χ1n) is 6.25. The van der Waals surface area contributed by atoms with Crippen molar-refractivity contribution in [2.24, 2.45) is 5.84 Å². The van der Waals surface area contributed by atoms with Crippen molar-refractivity contribution in [1.29, 1.82) is 0 Å². The second-order valence-corrected chi connectivity index (χ2v) is 4.99. The zero-order valence-electron chi connectivity index (χ0n) is 10.5. The molecule has 17 heavy (non-hydrogen) atoms. The van der Waals surface area contributed by atoms with E-state index in [9.17, 15) is 4.79 Å². The molecule has 1 aliphatic carbocycles. The highest BCUT2D eigenvalue weighted by Gasteiger charge is 2.50. The fourth-order valence-corrected chi connectivity index (χ4v) is 2.28. The third-order valence-corrected chi connectivity index (χ3v) is 3.96. The number of nitrogens with two attached hydrogens (primary N) is 1. The average molecular weight is 232 g/mol. The molecular formula is C14H20N2O. The Morgan fingerprint density at radius 1 is 1.41 bits per heavy atom. The molecule has 3 N–H and O–H groups in total. The van der Waals surface area contributed by atoms with E-state index < -0.39 is 0 Å². The third kappa shape index (κ3) is 2.07. The minimum Gasteiger partial charge on any atom is -0.293 e. The highest BCUT2D eigenvalue weighted by Crippen LogP contribution is 2.48. The second kappa shape index (κ2) is 4.49. The number of carbonyl (C=O) groups excluding carboxylic acids is 1. The molecule has 1 atom stereocenters. The van der Waals surface area contributed by atoms with Gasteiger partial charge in [-0.25, -0.2) is 5.84 Å². The van der Waals surface area contributed by atoms with Crippen LogP contribution in [0.15, 0.2) is 24.3 Å². The van der Waals surface area contributed by atoms with Gasteiger partial charge in [0.1, 0.15) is 0 Å². The van der Waals surface area contributed by atoms with Gasteiger partial charge in [-0.05, 0) is 36.3 Å². The Morgan fingerprint density at radius 3 is 2.41 bits per heavy atom. The molecule has 1 aromatic carbocycles. The number of rotatable bonds is 4. The summed E-state index contributed by atoms with van der Waals surface area (Å²) in [5.74, 6) is 5.75. The van der Waals surface area contributed by atoms with E-state index in [0.717, 1.165) is 24.8 Å². The van der Waals surface area contributed by atoms with Crippen LogP contribution in [-0.2, 0) is 10.2 Å². The molecule has 0 spiro atoms. The molecule has 0 aliphatic heterocycles. The van der Waals surface area contributed by atoms with Gasteiger partial charge in [-0.3, -0.25) is 10.2 Å². The average Bonchev–Trinajstić information content (AvgIpc) is 3.18. The zero-order valence-corrected chi connectivity index (χ0v) is 10.5. The Bertz CT molecular complexity index is 407. The van der Waals surface area contributed by atoms with Gasteiger partial charge in [0.05, 0.1) is 5.41 Å². The first-order valence-corrected chi connectivity index (χ1v) is 6.25. The largest absolute Gasteiger partial charge is 0.293 e. The minimum absolute atomic E-state index is 0.0613. The van der Waals surface area contributed by atoms with Crippen molar-refractivity contribution < 1.29 is 4.79 Å². The lowest BCUT2D eigenvalue weighted by atomic mass is 9.91. The van der Waals surface area contributed by atoms with Gasteiger partial charge in [-0.2, -0.15) is 0 Å². The summed E-state index contributed by atoms with van der Waals surface area (Å²) in [5, 5.41) is 0. The van der Waals surface area contributed by atoms with E-state index >= 15 is 0 Å². The van der Waals surface area contributed by atoms with Gasteiger partial charge >= 0.3 is 0 Å². The van der Waals surface area contributed by atoms with E-state index in [1.165, 1.54) is 5.56 Å². The van der Waals surface area contributed by atoms with E-state index in [2.05, 4.69) is 43.5 Å². The number of hydrazine groups is 1. The molecule has 1 saturated carbocycles. The molecule has 3 heteroatoms. The van der Waals surface area contributed by atoms with Crippen LogP contribution in [0.1, 0.15) is 50.2 Å². The molecular weight excluding hydrogens is 212 g/mol. The van der Waals surface area contributed by atoms with Gasteiger partial charge in [0, 0.05) is 0 Å². The van der Waals surface area contributed by atoms with Crippen molar-refractivity contribution >= 4 is 5.91 Å². The molecule has 1 fully saturated rings. The van der Waals surface area contributed by atoms with Crippen LogP contribution >= 0.6 is 0 Å². The third-order valence-electron chi connectivity index (χ3n) is 3.96. The summed E-state index contributed by atoms with van der Waals surface area (Å²) in [7, 11) is 0. The molecule has 0 saturated heterocycles. The van der Waals surface area contributed by atoms with Crippen molar-refractivity contribution in [3.8, 4) is 0 Å². The molecule has 1 unspecified atom stereocenters. The first kappa shape index (κ1) is 12.1. The van der Waals surface area contributed by atoms with Crippen LogP contribution < -0.4 is 11.3 Å². The smallest absolute Gasteiger partial charge is 0.244 e. The molecule has 1 aromatic rings. The normalized spacial score (nSPS) is 18.5. The maximum atomic E-state index is 11.7. The standard InChI is InChI=1S/C14H20N2O/c1-3-10(2)11-4-6-12(7-5-11)14(8-9-14)13(17)16-15/h4-7,10H,3,8-9,15H2,1-2H3,(H,16,17). The van der Waals surface area contributed by atoms with Crippen molar-refractivity contribution in [3.63, 3.8) is 0 Å². The molecule has 1 aliphatic rings. The van der Waals surface area contributed by atoms with E-state index in [-0.39, 0.29) is 11.3 Å². The van der Waals surface area contributed by atoms with Gasteiger partial charge in [0.2, 0.25) is 5.91 Å². The monoisotopic (exact) mass is 232 g/mol. The van der Waals surface area contributed by atoms with E-state index in [1.54, 1.807) is 0 Å². The van der Waals surface area contributed by atoms with Gasteiger partial charge in [0.25, 0.3) is 0 Å². The number of amides is 1. The fourth-order valence-electron chi connectivity index (χ4n) is 2.28. The van der Waals surface area contributed by atoms with Gasteiger partial charge in [-0.1, -0.05) is 38.1 Å². The van der Waals surface area contributed by atoms with E-state index in [4.69, 9.17) is 5.84 Å². The van der Waals surface area contributed by atoms with Crippen LogP contribution in [-0.4, -0.2) is 5.91 Å². The minimum atomic E-state index is -0.345. The van der Waals surface area contributed by atoms with Gasteiger partial charge < -0.3 is 0 Å². The van der Waals surface area contributed by atoms with Crippen molar-refractivity contribution in [1.82, 2.24) is 5.43 Å². The molecule has 0 radical (unpaired) electrons. The van der Waals surface area contributed by atoms with Crippen LogP contribution in [0.25, 0.3) is 0 Å². The van der Waals surface area contributed by atoms with Crippen LogP contribution in [0.3, 0.4) is 0 Å². The summed E-state index contributed by atoms with van der Waals surface area (Å²) in [5.41, 5.74) is 4.36. The Balaban J connectivity index is 2.21. The molecule has 3 nitrogen and oxygen atoms in total. The van der Waals surface area contributed by atoms with Crippen LogP contribution in [0.2, 0.25) is 0 Å². The molecule has 2 rings (SSSR count). The maximum absolute atomic E-state index is 11.7. The van der Waals surface area contributed by atoms with Crippen molar-refractivity contribution in [3.05, 3.63) is 35.4 Å². The molecule has 1 amide bonds. The lowest BCUT2D eigenvalue weighted by Gasteiger charge is -2.15. The van der Waals surface area contributed by atoms with E-state index in [1.807, 2.05) is 0 Å². The number of carbonyl (C=O) groups is 1.